The molecule has 0 aliphatic carbocycles. The van der Waals surface area contributed by atoms with Crippen molar-refractivity contribution in [2.75, 3.05) is 37.7 Å². The van der Waals surface area contributed by atoms with Crippen LogP contribution in [0.1, 0.15) is 21.5 Å². The van der Waals surface area contributed by atoms with E-state index in [0.29, 0.717) is 41.0 Å². The molecule has 168 valence electrons. The second-order valence-electron chi connectivity index (χ2n) is 7.47. The van der Waals surface area contributed by atoms with Crippen LogP contribution in [0.3, 0.4) is 0 Å². The Labute approximate surface area is 200 Å². The minimum Gasteiger partial charge on any atom is -0.507 e. The number of para-hydroxylation sites is 1. The molecule has 0 spiro atoms. The van der Waals surface area contributed by atoms with Gasteiger partial charge in [-0.3, -0.25) is 9.59 Å². The van der Waals surface area contributed by atoms with Crippen molar-refractivity contribution < 1.29 is 19.4 Å². The van der Waals surface area contributed by atoms with Gasteiger partial charge in [-0.25, -0.2) is 0 Å². The van der Waals surface area contributed by atoms with E-state index in [1.807, 2.05) is 40.8 Å². The molecule has 1 saturated heterocycles. The average molecular weight is 548 g/mol. The molecule has 1 heterocycles. The number of halogens is 1. The van der Waals surface area contributed by atoms with E-state index < -0.39 is 11.9 Å². The number of ether oxygens (including phenoxy) is 1. The fourth-order valence-corrected chi connectivity index (χ4v) is 4.43. The number of rotatable bonds is 7. The van der Waals surface area contributed by atoms with Crippen LogP contribution in [0.5, 0.6) is 5.75 Å². The summed E-state index contributed by atoms with van der Waals surface area (Å²) in [4.78, 5) is 28.1. The van der Waals surface area contributed by atoms with Gasteiger partial charge >= 0.3 is 0 Å². The van der Waals surface area contributed by atoms with Gasteiger partial charge in [0.25, 0.3) is 5.91 Å². The molecule has 3 rings (SSSR count). The number of nitriles is 1. The quantitative estimate of drug-likeness (QED) is 0.361. The molecule has 1 aliphatic heterocycles. The third-order valence-electron chi connectivity index (χ3n) is 5.22. The van der Waals surface area contributed by atoms with Crippen LogP contribution in [0.25, 0.3) is 0 Å². The molecule has 0 bridgehead atoms. The second kappa shape index (κ2) is 11.2. The summed E-state index contributed by atoms with van der Waals surface area (Å²) in [6.07, 6.45) is 0.222. The van der Waals surface area contributed by atoms with Gasteiger partial charge in [-0.15, -0.1) is 0 Å². The summed E-state index contributed by atoms with van der Waals surface area (Å²) < 4.78 is 6.07. The molecular formula is C23H25IN4O4. The molecule has 2 aromatic carbocycles. The van der Waals surface area contributed by atoms with Gasteiger partial charge in [0.15, 0.2) is 0 Å². The smallest absolute Gasteiger partial charge is 0.254 e. The molecule has 1 unspecified atom stereocenters. The number of aromatic hydroxyl groups is 1. The predicted molar refractivity (Wildman–Crippen MR) is 129 cm³/mol. The van der Waals surface area contributed by atoms with E-state index >= 15 is 0 Å². The van der Waals surface area contributed by atoms with Crippen molar-refractivity contribution in [3.05, 3.63) is 56.7 Å². The number of carbonyl (C=O) groups excluding carboxylic acids is 2. The Hall–Kier alpha value is -2.84. The summed E-state index contributed by atoms with van der Waals surface area (Å²) in [6.45, 7) is 4.18. The zero-order valence-electron chi connectivity index (χ0n) is 17.7. The topological polar surface area (TPSA) is 115 Å². The summed E-state index contributed by atoms with van der Waals surface area (Å²) in [5.41, 5.74) is 2.75. The van der Waals surface area contributed by atoms with Crippen LogP contribution in [0.2, 0.25) is 0 Å². The minimum absolute atomic E-state index is 0.151. The number of nitrogens with one attached hydrogen (secondary N) is 2. The fourth-order valence-electron chi connectivity index (χ4n) is 3.60. The van der Waals surface area contributed by atoms with Crippen molar-refractivity contribution in [1.29, 1.82) is 5.26 Å². The molecular weight excluding hydrogens is 523 g/mol. The van der Waals surface area contributed by atoms with Gasteiger partial charge in [-0.05, 0) is 58.8 Å². The maximum atomic E-state index is 13.2. The zero-order valence-corrected chi connectivity index (χ0v) is 19.9. The molecule has 0 radical (unpaired) electrons. The van der Waals surface area contributed by atoms with E-state index in [1.54, 1.807) is 31.2 Å². The van der Waals surface area contributed by atoms with E-state index in [2.05, 4.69) is 15.5 Å². The highest BCUT2D eigenvalue weighted by molar-refractivity contribution is 14.1. The van der Waals surface area contributed by atoms with Crippen molar-refractivity contribution in [3.63, 3.8) is 0 Å². The number of carbonyl (C=O) groups is 2. The molecule has 1 aliphatic rings. The second-order valence-corrected chi connectivity index (χ2v) is 8.63. The lowest BCUT2D eigenvalue weighted by atomic mass is 10.0. The highest BCUT2D eigenvalue weighted by atomic mass is 127. The van der Waals surface area contributed by atoms with Crippen LogP contribution in [0.15, 0.2) is 36.4 Å². The molecule has 3 N–H and O–H groups in total. The number of phenols is 1. The zero-order chi connectivity index (χ0) is 23.1. The van der Waals surface area contributed by atoms with Crippen molar-refractivity contribution in [2.24, 2.45) is 0 Å². The number of phenolic OH excluding ortho intramolecular Hbond substituents is 1. The molecule has 8 nitrogen and oxygen atoms in total. The molecule has 1 atom stereocenters. The Morgan fingerprint density at radius 1 is 1.28 bits per heavy atom. The van der Waals surface area contributed by atoms with Crippen LogP contribution in [0.4, 0.5) is 5.69 Å². The minimum atomic E-state index is -0.881. The number of amides is 2. The predicted octanol–water partition coefficient (Wildman–Crippen LogP) is 2.12. The van der Waals surface area contributed by atoms with Crippen molar-refractivity contribution in [2.45, 2.75) is 19.4 Å². The molecule has 32 heavy (non-hydrogen) atoms. The number of benzene rings is 2. The molecule has 9 heteroatoms. The maximum absolute atomic E-state index is 13.2. The van der Waals surface area contributed by atoms with E-state index in [0.717, 1.165) is 11.3 Å². The molecule has 1 fully saturated rings. The number of morpholine rings is 1. The van der Waals surface area contributed by atoms with Gasteiger partial charge in [0.1, 0.15) is 18.3 Å². The first-order valence-corrected chi connectivity index (χ1v) is 11.3. The third-order valence-corrected chi connectivity index (χ3v) is 6.04. The standard InChI is InChI=1S/C23H25IN4O4/c1-15-12-16(13-18(24)21(15)29)14-19(23(31)26-7-6-25)27-22(30)17-4-2-3-5-20(17)28-8-10-32-11-9-28/h2-5,12-13,19,29H,7-11,14H2,1H3,(H,26,31)(H,27,30). The van der Waals surface area contributed by atoms with E-state index in [-0.39, 0.29) is 24.6 Å². The Kier molecular flexibility index (Phi) is 8.30. The lowest BCUT2D eigenvalue weighted by Crippen LogP contribution is -2.48. The summed E-state index contributed by atoms with van der Waals surface area (Å²) in [7, 11) is 0. The SMILES string of the molecule is Cc1cc(CC(NC(=O)c2ccccc2N2CCOCC2)C(=O)NCC#N)cc(I)c1O. The largest absolute Gasteiger partial charge is 0.507 e. The van der Waals surface area contributed by atoms with Gasteiger partial charge in [-0.2, -0.15) is 5.26 Å². The van der Waals surface area contributed by atoms with E-state index in [1.165, 1.54) is 0 Å². The molecule has 2 amide bonds. The third kappa shape index (κ3) is 5.89. The maximum Gasteiger partial charge on any atom is 0.254 e. The highest BCUT2D eigenvalue weighted by Gasteiger charge is 2.25. The Morgan fingerprint density at radius 2 is 2.00 bits per heavy atom. The van der Waals surface area contributed by atoms with Gasteiger partial charge in [0.2, 0.25) is 5.91 Å². The summed E-state index contributed by atoms with van der Waals surface area (Å²) in [5.74, 6) is -0.609. The van der Waals surface area contributed by atoms with Crippen LogP contribution >= 0.6 is 22.6 Å². The Morgan fingerprint density at radius 3 is 2.69 bits per heavy atom. The summed E-state index contributed by atoms with van der Waals surface area (Å²) >= 11 is 2.03. The summed E-state index contributed by atoms with van der Waals surface area (Å²) in [6, 6.07) is 11.8. The van der Waals surface area contributed by atoms with E-state index in [9.17, 15) is 14.7 Å². The first-order chi connectivity index (χ1) is 15.4. The monoisotopic (exact) mass is 548 g/mol. The first kappa shape index (κ1) is 23.8. The number of hydrogen-bond donors (Lipinski definition) is 3. The van der Waals surface area contributed by atoms with Crippen molar-refractivity contribution in [3.8, 4) is 11.8 Å². The Balaban J connectivity index is 1.84. The van der Waals surface area contributed by atoms with Crippen LogP contribution in [-0.2, 0) is 16.0 Å². The number of hydrogen-bond acceptors (Lipinski definition) is 6. The average Bonchev–Trinajstić information content (AvgIpc) is 2.81. The van der Waals surface area contributed by atoms with Crippen molar-refractivity contribution >= 4 is 40.1 Å². The lowest BCUT2D eigenvalue weighted by Gasteiger charge is -2.30. The molecule has 2 aromatic rings. The van der Waals surface area contributed by atoms with Crippen LogP contribution in [0, 0.1) is 21.8 Å². The Bertz CT molecular complexity index is 1010. The normalized spacial score (nSPS) is 14.3. The van der Waals surface area contributed by atoms with Crippen LogP contribution in [-0.4, -0.2) is 55.8 Å². The molecule has 0 aromatic heterocycles. The van der Waals surface area contributed by atoms with Crippen LogP contribution < -0.4 is 15.5 Å². The number of aryl methyl sites for hydroxylation is 1. The first-order valence-electron chi connectivity index (χ1n) is 10.3. The fraction of sp³-hybridized carbons (Fsp3) is 0.348. The van der Waals surface area contributed by atoms with Gasteiger partial charge < -0.3 is 25.4 Å². The number of anilines is 1. The highest BCUT2D eigenvalue weighted by Crippen LogP contribution is 2.26. The van der Waals surface area contributed by atoms with E-state index in [4.69, 9.17) is 10.00 Å². The lowest BCUT2D eigenvalue weighted by molar-refractivity contribution is -0.122. The molecule has 0 saturated carbocycles. The van der Waals surface area contributed by atoms with Gasteiger partial charge in [0.05, 0.1) is 28.4 Å². The van der Waals surface area contributed by atoms with Gasteiger partial charge in [0, 0.05) is 25.2 Å². The summed E-state index contributed by atoms with van der Waals surface area (Å²) in [5, 5.41) is 24.2. The van der Waals surface area contributed by atoms with Gasteiger partial charge in [-0.1, -0.05) is 18.2 Å². The van der Waals surface area contributed by atoms with Crippen molar-refractivity contribution in [1.82, 2.24) is 10.6 Å². The number of nitrogens with zero attached hydrogens (tertiary/aromatic N) is 2.